The molecule has 374 valence electrons. The van der Waals surface area contributed by atoms with E-state index in [0.29, 0.717) is 5.92 Å². The summed E-state index contributed by atoms with van der Waals surface area (Å²) in [5.41, 5.74) is 15.4. The largest absolute Gasteiger partial charge is 0.311 e. The van der Waals surface area contributed by atoms with Crippen molar-refractivity contribution < 1.29 is 0 Å². The van der Waals surface area contributed by atoms with Crippen molar-refractivity contribution in [3.8, 4) is 52.9 Å². The first-order valence-electron chi connectivity index (χ1n) is 26.7. The van der Waals surface area contributed by atoms with E-state index in [1.165, 1.54) is 94.1 Å². The van der Waals surface area contributed by atoms with Crippen LogP contribution in [0.2, 0.25) is 0 Å². The SMILES string of the molecule is C1=CC(c2ccc(-c3ccc(N(c4ccc(-c5ccc(N(C6=CCC(c7cc8ccccc8s7)C=C6)c6ccc(-c7cc8ccccc8s7)cc6)cc5)cc4)c4ccc(-c5ccc(-c6ccccc6)s5)cc4)cc3)s2)=CCC1. The Hall–Kier alpha value is -8.36. The molecule has 0 amide bonds. The highest BCUT2D eigenvalue weighted by Gasteiger charge is 2.21. The van der Waals surface area contributed by atoms with Crippen LogP contribution in [0.1, 0.15) is 34.9 Å². The zero-order valence-corrected chi connectivity index (χ0v) is 46.0. The van der Waals surface area contributed by atoms with Gasteiger partial charge in [0, 0.05) is 78.7 Å². The Morgan fingerprint density at radius 3 is 1.31 bits per heavy atom. The normalized spacial score (nSPS) is 14.2. The molecule has 0 fully saturated rings. The number of rotatable bonds is 13. The molecule has 2 aliphatic rings. The van der Waals surface area contributed by atoms with Gasteiger partial charge in [-0.1, -0.05) is 158 Å². The quantitative estimate of drug-likeness (QED) is 0.114. The second-order valence-electron chi connectivity index (χ2n) is 19.9. The minimum absolute atomic E-state index is 0.352. The number of benzene rings is 8. The summed E-state index contributed by atoms with van der Waals surface area (Å²) in [6.45, 7) is 0. The predicted octanol–water partition coefficient (Wildman–Crippen LogP) is 22.5. The second kappa shape index (κ2) is 21.2. The van der Waals surface area contributed by atoms with E-state index < -0.39 is 0 Å². The zero-order valence-electron chi connectivity index (χ0n) is 42.7. The molecule has 4 aromatic heterocycles. The Kier molecular flexibility index (Phi) is 13.1. The summed E-state index contributed by atoms with van der Waals surface area (Å²) in [6.07, 6.45) is 17.2. The maximum atomic E-state index is 2.42. The Morgan fingerprint density at radius 1 is 0.333 bits per heavy atom. The molecule has 0 bridgehead atoms. The molecule has 8 aromatic carbocycles. The molecule has 1 atom stereocenters. The molecule has 2 nitrogen and oxygen atoms in total. The van der Waals surface area contributed by atoms with Gasteiger partial charge in [-0.05, 0) is 184 Å². The lowest BCUT2D eigenvalue weighted by Gasteiger charge is -2.29. The third kappa shape index (κ3) is 9.74. The number of allylic oxidation sites excluding steroid dienone is 7. The average molecular weight is 1070 g/mol. The van der Waals surface area contributed by atoms with Gasteiger partial charge in [0.15, 0.2) is 0 Å². The van der Waals surface area contributed by atoms with Gasteiger partial charge in [0.25, 0.3) is 0 Å². The van der Waals surface area contributed by atoms with E-state index in [0.717, 1.165) is 47.7 Å². The number of hydrogen-bond donors (Lipinski definition) is 0. The molecular formula is C72H52N2S4. The summed E-state index contributed by atoms with van der Waals surface area (Å²) in [4.78, 5) is 12.6. The van der Waals surface area contributed by atoms with Gasteiger partial charge in [-0.2, -0.15) is 0 Å². The van der Waals surface area contributed by atoms with Crippen molar-refractivity contribution in [1.29, 1.82) is 0 Å². The third-order valence-electron chi connectivity index (χ3n) is 14.9. The van der Waals surface area contributed by atoms with E-state index in [9.17, 15) is 0 Å². The first-order chi connectivity index (χ1) is 38.6. The van der Waals surface area contributed by atoms with Crippen molar-refractivity contribution in [3.05, 3.63) is 288 Å². The monoisotopic (exact) mass is 1070 g/mol. The zero-order chi connectivity index (χ0) is 51.8. The van der Waals surface area contributed by atoms with Gasteiger partial charge >= 0.3 is 0 Å². The van der Waals surface area contributed by atoms with Crippen LogP contribution in [0, 0.1) is 0 Å². The van der Waals surface area contributed by atoms with Gasteiger partial charge in [0.05, 0.1) is 0 Å². The first-order valence-corrected chi connectivity index (χ1v) is 30.0. The van der Waals surface area contributed by atoms with Crippen molar-refractivity contribution in [1.82, 2.24) is 0 Å². The van der Waals surface area contributed by atoms with E-state index in [2.05, 4.69) is 283 Å². The highest BCUT2D eigenvalue weighted by atomic mass is 32.1. The first kappa shape index (κ1) is 48.0. The van der Waals surface area contributed by atoms with Crippen molar-refractivity contribution in [2.45, 2.75) is 25.2 Å². The van der Waals surface area contributed by atoms with Crippen LogP contribution in [-0.2, 0) is 0 Å². The molecule has 0 aliphatic heterocycles. The van der Waals surface area contributed by atoms with Gasteiger partial charge in [-0.15, -0.1) is 45.3 Å². The number of anilines is 5. The van der Waals surface area contributed by atoms with Gasteiger partial charge in [0.1, 0.15) is 0 Å². The Labute approximate surface area is 472 Å². The highest BCUT2D eigenvalue weighted by molar-refractivity contribution is 7.22. The summed E-state index contributed by atoms with van der Waals surface area (Å²) in [5.74, 6) is 0.352. The minimum Gasteiger partial charge on any atom is -0.311 e. The van der Waals surface area contributed by atoms with E-state index >= 15 is 0 Å². The van der Waals surface area contributed by atoms with Crippen molar-refractivity contribution in [3.63, 3.8) is 0 Å². The number of fused-ring (bicyclic) bond motifs is 2. The van der Waals surface area contributed by atoms with Crippen LogP contribution in [-0.4, -0.2) is 0 Å². The lowest BCUT2D eigenvalue weighted by atomic mass is 9.96. The molecule has 0 saturated heterocycles. The smallest absolute Gasteiger partial charge is 0.0462 e. The molecule has 6 heteroatoms. The summed E-state index contributed by atoms with van der Waals surface area (Å²) in [5, 5.41) is 2.61. The molecule has 0 N–H and O–H groups in total. The molecule has 14 rings (SSSR count). The fourth-order valence-corrected chi connectivity index (χ4v) is 15.1. The number of thiophene rings is 4. The molecule has 78 heavy (non-hydrogen) atoms. The van der Waals surface area contributed by atoms with Crippen molar-refractivity contribution in [2.24, 2.45) is 0 Å². The summed E-state index contributed by atoms with van der Waals surface area (Å²) in [6, 6.07) is 87.2. The van der Waals surface area contributed by atoms with E-state index in [1.54, 1.807) is 0 Å². The second-order valence-corrected chi connectivity index (χ2v) is 24.3. The lowest BCUT2D eigenvalue weighted by molar-refractivity contribution is 0.858. The Morgan fingerprint density at radius 2 is 0.795 bits per heavy atom. The van der Waals surface area contributed by atoms with Crippen molar-refractivity contribution >= 4 is 99.5 Å². The maximum Gasteiger partial charge on any atom is 0.0462 e. The van der Waals surface area contributed by atoms with E-state index in [4.69, 9.17) is 0 Å². The fourth-order valence-electron chi connectivity index (χ4n) is 10.8. The molecule has 0 radical (unpaired) electrons. The molecule has 4 heterocycles. The van der Waals surface area contributed by atoms with Crippen LogP contribution in [0.5, 0.6) is 0 Å². The van der Waals surface area contributed by atoms with Crippen LogP contribution < -0.4 is 9.80 Å². The number of hydrogen-bond acceptors (Lipinski definition) is 6. The molecule has 0 spiro atoms. The Bertz CT molecular complexity index is 4140. The average Bonchev–Trinajstić information content (AvgIpc) is 4.38. The molecule has 12 aromatic rings. The Balaban J connectivity index is 0.761. The van der Waals surface area contributed by atoms with Crippen LogP contribution in [0.3, 0.4) is 0 Å². The summed E-state index contributed by atoms with van der Waals surface area (Å²) >= 11 is 7.47. The topological polar surface area (TPSA) is 6.48 Å². The number of nitrogens with zero attached hydrogens (tertiary/aromatic N) is 2. The standard InChI is InChI=1S/C72H52N2S4/c1-3-11-51(12-4-1)67-43-45-69(75-67)53-23-35-61(36-24-53)73(62-37-25-54(26-38-62)70-46-44-68(76-70)52-13-5-2-6-14-52)59-31-19-49(20-32-59)50-21-33-60(34-22-50)74(63-39-27-55(28-40-63)71-47-57-15-7-9-17-65(57)77-71)64-41-29-56(30-42-64)72-48-58-16-8-10-18-66(58)78-72/h1,3-5,7-29,31-48,56H,2,6,30H2. The maximum absolute atomic E-state index is 2.42. The molecule has 2 aliphatic carbocycles. The van der Waals surface area contributed by atoms with E-state index in [1.807, 2.05) is 45.3 Å². The van der Waals surface area contributed by atoms with Gasteiger partial charge in [-0.25, -0.2) is 0 Å². The minimum atomic E-state index is 0.352. The molecule has 1 unspecified atom stereocenters. The molecule has 0 saturated carbocycles. The highest BCUT2D eigenvalue weighted by Crippen LogP contribution is 2.44. The molecular weight excluding hydrogens is 1020 g/mol. The third-order valence-corrected chi connectivity index (χ3v) is 19.7. The van der Waals surface area contributed by atoms with Crippen LogP contribution in [0.4, 0.5) is 28.4 Å². The fraction of sp³-hybridized carbons (Fsp3) is 0.0556. The van der Waals surface area contributed by atoms with E-state index in [-0.39, 0.29) is 0 Å². The summed E-state index contributed by atoms with van der Waals surface area (Å²) in [7, 11) is 0. The van der Waals surface area contributed by atoms with Gasteiger partial charge in [0.2, 0.25) is 0 Å². The lowest BCUT2D eigenvalue weighted by Crippen LogP contribution is -2.17. The summed E-state index contributed by atoms with van der Waals surface area (Å²) < 4.78 is 2.66. The van der Waals surface area contributed by atoms with Crippen LogP contribution >= 0.6 is 45.3 Å². The van der Waals surface area contributed by atoms with Gasteiger partial charge in [-0.3, -0.25) is 0 Å². The van der Waals surface area contributed by atoms with Gasteiger partial charge < -0.3 is 9.80 Å². The predicted molar refractivity (Wildman–Crippen MR) is 341 cm³/mol. The van der Waals surface area contributed by atoms with Crippen molar-refractivity contribution in [2.75, 3.05) is 9.80 Å². The van der Waals surface area contributed by atoms with Crippen LogP contribution in [0.25, 0.3) is 78.6 Å². The van der Waals surface area contributed by atoms with Crippen LogP contribution in [0.15, 0.2) is 279 Å².